The molecule has 1 aliphatic rings. The van der Waals surface area contributed by atoms with Crippen LogP contribution in [0.3, 0.4) is 0 Å². The van der Waals surface area contributed by atoms with E-state index in [1.54, 1.807) is 16.2 Å². The molecule has 0 saturated carbocycles. The van der Waals surface area contributed by atoms with Gasteiger partial charge < -0.3 is 15.0 Å². The van der Waals surface area contributed by atoms with Crippen LogP contribution in [0.1, 0.15) is 32.8 Å². The largest absolute Gasteiger partial charge is 0.444 e. The van der Waals surface area contributed by atoms with Crippen LogP contribution in [0.5, 0.6) is 0 Å². The lowest BCUT2D eigenvalue weighted by Gasteiger charge is -2.24. The molecule has 0 radical (unpaired) electrons. The van der Waals surface area contributed by atoms with Gasteiger partial charge in [0.2, 0.25) is 5.91 Å². The van der Waals surface area contributed by atoms with E-state index >= 15 is 0 Å². The summed E-state index contributed by atoms with van der Waals surface area (Å²) in [7, 11) is 0. The van der Waals surface area contributed by atoms with Gasteiger partial charge in [-0.15, -0.1) is 11.3 Å². The number of hydrogen-bond donors (Lipinski definition) is 1. The highest BCUT2D eigenvalue weighted by molar-refractivity contribution is 7.13. The average molecular weight is 387 g/mol. The van der Waals surface area contributed by atoms with Crippen molar-refractivity contribution in [3.63, 3.8) is 0 Å². The molecule has 1 aromatic carbocycles. The van der Waals surface area contributed by atoms with Crippen LogP contribution in [-0.2, 0) is 9.53 Å². The number of ether oxygens (including phenoxy) is 1. The molecule has 1 fully saturated rings. The zero-order chi connectivity index (χ0) is 19.6. The molecule has 144 valence electrons. The van der Waals surface area contributed by atoms with E-state index in [2.05, 4.69) is 23.7 Å². The number of benzene rings is 1. The Bertz CT molecular complexity index is 838. The normalized spacial score (nSPS) is 17.0. The van der Waals surface area contributed by atoms with Crippen LogP contribution < -0.4 is 5.32 Å². The van der Waals surface area contributed by atoms with Crippen molar-refractivity contribution in [2.75, 3.05) is 18.4 Å². The van der Waals surface area contributed by atoms with E-state index in [0.717, 1.165) is 11.3 Å². The van der Waals surface area contributed by atoms with Gasteiger partial charge in [0, 0.05) is 23.7 Å². The zero-order valence-electron chi connectivity index (χ0n) is 16.2. The van der Waals surface area contributed by atoms with Crippen LogP contribution in [0.15, 0.2) is 35.7 Å². The van der Waals surface area contributed by atoms with Gasteiger partial charge in [0.15, 0.2) is 0 Å². The molecule has 2 amide bonds. The van der Waals surface area contributed by atoms with E-state index < -0.39 is 5.60 Å². The molecule has 2 heterocycles. The molecular formula is C21H26N2O3S. The quantitative estimate of drug-likeness (QED) is 0.815. The Morgan fingerprint density at radius 1 is 1.26 bits per heavy atom. The average Bonchev–Trinajstić information content (AvgIpc) is 3.22. The number of nitrogens with zero attached hydrogens (tertiary/aromatic N) is 1. The molecule has 1 aromatic heterocycles. The maximum absolute atomic E-state index is 12.6. The number of hydrogen-bond acceptors (Lipinski definition) is 4. The highest BCUT2D eigenvalue weighted by atomic mass is 32.1. The molecule has 0 aliphatic carbocycles. The highest BCUT2D eigenvalue weighted by Gasteiger charge is 2.33. The maximum Gasteiger partial charge on any atom is 0.410 e. The molecule has 27 heavy (non-hydrogen) atoms. The molecule has 3 rings (SSSR count). The minimum absolute atomic E-state index is 0.0545. The first-order valence-electron chi connectivity index (χ1n) is 9.16. The third-order valence-corrected chi connectivity index (χ3v) is 5.53. The molecule has 6 heteroatoms. The molecule has 0 bridgehead atoms. The van der Waals surface area contributed by atoms with E-state index in [-0.39, 0.29) is 17.9 Å². The van der Waals surface area contributed by atoms with Crippen molar-refractivity contribution in [1.82, 2.24) is 4.90 Å². The number of carbonyl (C=O) groups is 2. The van der Waals surface area contributed by atoms with Crippen LogP contribution in [-0.4, -0.2) is 35.6 Å². The number of anilines is 1. The molecule has 2 aromatic rings. The van der Waals surface area contributed by atoms with Crippen molar-refractivity contribution in [3.05, 3.63) is 41.3 Å². The summed E-state index contributed by atoms with van der Waals surface area (Å²) in [6, 6.07) is 9.98. The third-order valence-electron chi connectivity index (χ3n) is 4.47. The molecule has 1 saturated heterocycles. The summed E-state index contributed by atoms with van der Waals surface area (Å²) in [5, 5.41) is 5.07. The molecular weight excluding hydrogens is 360 g/mol. The molecule has 1 N–H and O–H groups in total. The second-order valence-electron chi connectivity index (χ2n) is 7.91. The first-order chi connectivity index (χ1) is 12.7. The Morgan fingerprint density at radius 3 is 2.70 bits per heavy atom. The Kier molecular flexibility index (Phi) is 5.56. The molecule has 5 nitrogen and oxygen atoms in total. The summed E-state index contributed by atoms with van der Waals surface area (Å²) in [5.41, 5.74) is 2.58. The smallest absolute Gasteiger partial charge is 0.410 e. The maximum atomic E-state index is 12.6. The van der Waals surface area contributed by atoms with Crippen molar-refractivity contribution in [2.45, 2.75) is 39.7 Å². The van der Waals surface area contributed by atoms with E-state index in [9.17, 15) is 9.59 Å². The Hall–Kier alpha value is -2.34. The predicted molar refractivity (Wildman–Crippen MR) is 109 cm³/mol. The van der Waals surface area contributed by atoms with Gasteiger partial charge in [0.25, 0.3) is 0 Å². The number of thiophene rings is 1. The van der Waals surface area contributed by atoms with Crippen LogP contribution in [0.4, 0.5) is 10.5 Å². The lowest BCUT2D eigenvalue weighted by Crippen LogP contribution is -2.36. The number of amides is 2. The second kappa shape index (κ2) is 7.72. The van der Waals surface area contributed by atoms with Gasteiger partial charge in [-0.3, -0.25) is 4.79 Å². The second-order valence-corrected chi connectivity index (χ2v) is 8.83. The molecule has 1 aliphatic heterocycles. The van der Waals surface area contributed by atoms with E-state index in [4.69, 9.17) is 4.74 Å². The molecule has 0 spiro atoms. The monoisotopic (exact) mass is 386 g/mol. The number of likely N-dealkylation sites (tertiary alicyclic amines) is 1. The fourth-order valence-corrected chi connectivity index (χ4v) is 4.04. The fourth-order valence-electron chi connectivity index (χ4n) is 3.12. The summed E-state index contributed by atoms with van der Waals surface area (Å²) in [5.74, 6) is -0.272. The number of aryl methyl sites for hydroxylation is 1. The van der Waals surface area contributed by atoms with Crippen molar-refractivity contribution in [3.8, 4) is 10.4 Å². The van der Waals surface area contributed by atoms with Crippen molar-refractivity contribution in [1.29, 1.82) is 0 Å². The van der Waals surface area contributed by atoms with Gasteiger partial charge >= 0.3 is 6.09 Å². The fraction of sp³-hybridized carbons (Fsp3) is 0.429. The number of nitrogens with one attached hydrogen (secondary N) is 1. The van der Waals surface area contributed by atoms with Crippen molar-refractivity contribution in [2.24, 2.45) is 5.92 Å². The van der Waals surface area contributed by atoms with Crippen LogP contribution in [0, 0.1) is 12.8 Å². The molecule has 1 atom stereocenters. The lowest BCUT2D eigenvalue weighted by molar-refractivity contribution is -0.119. The summed E-state index contributed by atoms with van der Waals surface area (Å²) >= 11 is 1.69. The topological polar surface area (TPSA) is 58.6 Å². The third kappa shape index (κ3) is 4.89. The zero-order valence-corrected chi connectivity index (χ0v) is 17.1. The van der Waals surface area contributed by atoms with Crippen molar-refractivity contribution >= 4 is 29.0 Å². The predicted octanol–water partition coefficient (Wildman–Crippen LogP) is 4.92. The Morgan fingerprint density at radius 2 is 2.04 bits per heavy atom. The van der Waals surface area contributed by atoms with Gasteiger partial charge in [-0.05, 0) is 68.8 Å². The van der Waals surface area contributed by atoms with Gasteiger partial charge in [0.05, 0.1) is 5.92 Å². The summed E-state index contributed by atoms with van der Waals surface area (Å²) in [6.07, 6.45) is 0.294. The minimum Gasteiger partial charge on any atom is -0.444 e. The SMILES string of the molecule is Cc1ccsc1-c1cccc(NC(=O)C2CCN(C(=O)OC(C)(C)C)C2)c1. The Balaban J connectivity index is 1.62. The van der Waals surface area contributed by atoms with Crippen LogP contribution in [0.25, 0.3) is 10.4 Å². The highest BCUT2D eigenvalue weighted by Crippen LogP contribution is 2.31. The molecule has 1 unspecified atom stereocenters. The standard InChI is InChI=1S/C21H26N2O3S/c1-14-9-11-27-18(14)15-6-5-7-17(12-15)22-19(24)16-8-10-23(13-16)20(25)26-21(2,3)4/h5-7,9,11-12,16H,8,10,13H2,1-4H3,(H,22,24). The van der Waals surface area contributed by atoms with Crippen LogP contribution in [0.2, 0.25) is 0 Å². The van der Waals surface area contributed by atoms with E-state index in [1.807, 2.05) is 45.0 Å². The van der Waals surface area contributed by atoms with Crippen LogP contribution >= 0.6 is 11.3 Å². The summed E-state index contributed by atoms with van der Waals surface area (Å²) < 4.78 is 5.39. The first kappa shape index (κ1) is 19.4. The summed E-state index contributed by atoms with van der Waals surface area (Å²) in [4.78, 5) is 27.6. The Labute approximate surface area is 164 Å². The van der Waals surface area contributed by atoms with Gasteiger partial charge in [0.1, 0.15) is 5.60 Å². The van der Waals surface area contributed by atoms with Gasteiger partial charge in [-0.1, -0.05) is 12.1 Å². The van der Waals surface area contributed by atoms with Gasteiger partial charge in [-0.25, -0.2) is 4.79 Å². The van der Waals surface area contributed by atoms with E-state index in [1.165, 1.54) is 10.4 Å². The lowest BCUT2D eigenvalue weighted by atomic mass is 10.1. The number of rotatable bonds is 3. The van der Waals surface area contributed by atoms with E-state index in [0.29, 0.717) is 19.5 Å². The van der Waals surface area contributed by atoms with Crippen molar-refractivity contribution < 1.29 is 14.3 Å². The summed E-state index contributed by atoms with van der Waals surface area (Å²) in [6.45, 7) is 8.54. The first-order valence-corrected chi connectivity index (χ1v) is 10.0. The minimum atomic E-state index is -0.530. The van der Waals surface area contributed by atoms with Gasteiger partial charge in [-0.2, -0.15) is 0 Å². The number of carbonyl (C=O) groups excluding carboxylic acids is 2.